The highest BCUT2D eigenvalue weighted by molar-refractivity contribution is 5.76. The van der Waals surface area contributed by atoms with Crippen LogP contribution in [0.4, 0.5) is 4.39 Å². The van der Waals surface area contributed by atoms with E-state index in [1.54, 1.807) is 56.5 Å². The van der Waals surface area contributed by atoms with Crippen molar-refractivity contribution < 1.29 is 19.0 Å². The number of benzene rings is 2. The second-order valence-corrected chi connectivity index (χ2v) is 5.72. The Morgan fingerprint density at radius 3 is 2.50 bits per heavy atom. The molecule has 2 aromatic rings. The predicted molar refractivity (Wildman–Crippen MR) is 90.4 cm³/mol. The van der Waals surface area contributed by atoms with E-state index >= 15 is 0 Å². The number of hydrogen-bond acceptors (Lipinski definition) is 3. The fourth-order valence-corrected chi connectivity index (χ4v) is 2.49. The maximum atomic E-state index is 13.7. The summed E-state index contributed by atoms with van der Waals surface area (Å²) in [4.78, 5) is 12.0. The third-order valence-corrected chi connectivity index (χ3v) is 3.92. The van der Waals surface area contributed by atoms with Crippen LogP contribution in [0, 0.1) is 5.82 Å². The van der Waals surface area contributed by atoms with Crippen LogP contribution < -0.4 is 10.1 Å². The first kappa shape index (κ1) is 17.9. The summed E-state index contributed by atoms with van der Waals surface area (Å²) < 4.78 is 18.8. The highest BCUT2D eigenvalue weighted by atomic mass is 19.1. The number of aliphatic hydroxyl groups excluding tert-OH is 1. The Morgan fingerprint density at radius 2 is 1.88 bits per heavy atom. The summed E-state index contributed by atoms with van der Waals surface area (Å²) in [7, 11) is 1.57. The molecule has 0 spiro atoms. The molecule has 0 fully saturated rings. The number of aliphatic hydroxyl groups is 1. The minimum Gasteiger partial charge on any atom is -0.497 e. The summed E-state index contributed by atoms with van der Waals surface area (Å²) in [6, 6.07) is 13.4. The summed E-state index contributed by atoms with van der Waals surface area (Å²) in [6.45, 7) is 1.91. The van der Waals surface area contributed by atoms with E-state index in [1.165, 1.54) is 6.07 Å². The molecule has 5 heteroatoms. The Morgan fingerprint density at radius 1 is 1.21 bits per heavy atom. The summed E-state index contributed by atoms with van der Waals surface area (Å²) in [5.74, 6) is -0.0626. The van der Waals surface area contributed by atoms with Gasteiger partial charge in [0, 0.05) is 13.0 Å². The van der Waals surface area contributed by atoms with Gasteiger partial charge in [-0.1, -0.05) is 37.3 Å². The maximum absolute atomic E-state index is 13.7. The van der Waals surface area contributed by atoms with Gasteiger partial charge in [-0.15, -0.1) is 0 Å². The van der Waals surface area contributed by atoms with E-state index in [1.807, 2.05) is 0 Å². The molecular formula is C19H22FNO3. The molecule has 0 radical (unpaired) electrons. The van der Waals surface area contributed by atoms with Gasteiger partial charge in [0.15, 0.2) is 0 Å². The molecular weight excluding hydrogens is 309 g/mol. The molecule has 0 aliphatic carbocycles. The van der Waals surface area contributed by atoms with E-state index in [2.05, 4.69) is 5.32 Å². The topological polar surface area (TPSA) is 58.6 Å². The molecule has 0 saturated carbocycles. The zero-order valence-electron chi connectivity index (χ0n) is 13.8. The Kier molecular flexibility index (Phi) is 6.32. The number of carbonyl (C=O) groups is 1. The van der Waals surface area contributed by atoms with E-state index < -0.39 is 6.10 Å². The lowest BCUT2D eigenvalue weighted by atomic mass is 9.97. The lowest BCUT2D eigenvalue weighted by Gasteiger charge is -2.15. The minimum absolute atomic E-state index is 0.106. The lowest BCUT2D eigenvalue weighted by molar-refractivity contribution is -0.121. The molecule has 2 rings (SSSR count). The molecule has 4 nitrogen and oxygen atoms in total. The van der Waals surface area contributed by atoms with Gasteiger partial charge in [-0.05, 0) is 35.2 Å². The second-order valence-electron chi connectivity index (χ2n) is 5.72. The molecule has 2 N–H and O–H groups in total. The van der Waals surface area contributed by atoms with Gasteiger partial charge < -0.3 is 15.2 Å². The van der Waals surface area contributed by atoms with Crippen LogP contribution in [0.2, 0.25) is 0 Å². The van der Waals surface area contributed by atoms with E-state index in [0.29, 0.717) is 16.9 Å². The third-order valence-electron chi connectivity index (χ3n) is 3.92. The molecule has 2 atom stereocenters. The van der Waals surface area contributed by atoms with Gasteiger partial charge in [-0.2, -0.15) is 0 Å². The number of amides is 1. The van der Waals surface area contributed by atoms with Crippen molar-refractivity contribution in [2.75, 3.05) is 13.7 Å². The lowest BCUT2D eigenvalue weighted by Crippen LogP contribution is -2.29. The normalized spacial score (nSPS) is 13.2. The number of nitrogens with one attached hydrogen (secondary N) is 1. The average Bonchev–Trinajstić information content (AvgIpc) is 2.60. The van der Waals surface area contributed by atoms with Crippen LogP contribution in [0.1, 0.15) is 36.5 Å². The maximum Gasteiger partial charge on any atom is 0.220 e. The zero-order chi connectivity index (χ0) is 17.5. The Hall–Kier alpha value is -2.40. The number of methoxy groups -OCH3 is 1. The fraction of sp³-hybridized carbons (Fsp3) is 0.316. The first-order valence-electron chi connectivity index (χ1n) is 7.84. The number of rotatable bonds is 7. The van der Waals surface area contributed by atoms with Crippen LogP contribution in [0.5, 0.6) is 5.75 Å². The quantitative estimate of drug-likeness (QED) is 0.819. The summed E-state index contributed by atoms with van der Waals surface area (Å²) in [5, 5.41) is 12.8. The van der Waals surface area contributed by atoms with E-state index in [-0.39, 0.29) is 30.6 Å². The fourth-order valence-electron chi connectivity index (χ4n) is 2.49. The monoisotopic (exact) mass is 331 g/mol. The summed E-state index contributed by atoms with van der Waals surface area (Å²) >= 11 is 0. The predicted octanol–water partition coefficient (Wildman–Crippen LogP) is 3.18. The van der Waals surface area contributed by atoms with Crippen LogP contribution in [0.3, 0.4) is 0 Å². The van der Waals surface area contributed by atoms with Gasteiger partial charge in [0.2, 0.25) is 5.91 Å². The van der Waals surface area contributed by atoms with Crippen molar-refractivity contribution >= 4 is 5.91 Å². The Bertz CT molecular complexity index is 673. The first-order valence-corrected chi connectivity index (χ1v) is 7.84. The largest absolute Gasteiger partial charge is 0.497 e. The van der Waals surface area contributed by atoms with Gasteiger partial charge in [0.25, 0.3) is 0 Å². The van der Waals surface area contributed by atoms with Crippen LogP contribution >= 0.6 is 0 Å². The summed E-state index contributed by atoms with van der Waals surface area (Å²) in [5.41, 5.74) is 1.21. The highest BCUT2D eigenvalue weighted by Gasteiger charge is 2.16. The Balaban J connectivity index is 1.85. The molecule has 1 amide bonds. The van der Waals surface area contributed by atoms with E-state index in [9.17, 15) is 14.3 Å². The van der Waals surface area contributed by atoms with Gasteiger partial charge >= 0.3 is 0 Å². The molecule has 0 heterocycles. The number of hydrogen-bond donors (Lipinski definition) is 2. The molecule has 0 aromatic heterocycles. The summed E-state index contributed by atoms with van der Waals surface area (Å²) in [6.07, 6.45) is -0.639. The van der Waals surface area contributed by atoms with Crippen LogP contribution in [0.25, 0.3) is 0 Å². The second kappa shape index (κ2) is 8.45. The van der Waals surface area contributed by atoms with Crippen molar-refractivity contribution in [1.82, 2.24) is 5.32 Å². The molecule has 2 unspecified atom stereocenters. The number of ether oxygens (including phenoxy) is 1. The zero-order valence-corrected chi connectivity index (χ0v) is 13.8. The molecule has 0 bridgehead atoms. The molecule has 128 valence electrons. The van der Waals surface area contributed by atoms with Gasteiger partial charge in [0.1, 0.15) is 11.6 Å². The smallest absolute Gasteiger partial charge is 0.220 e. The Labute approximate surface area is 141 Å². The van der Waals surface area contributed by atoms with Crippen molar-refractivity contribution in [3.05, 3.63) is 65.5 Å². The molecule has 0 saturated heterocycles. The third kappa shape index (κ3) is 4.80. The average molecular weight is 331 g/mol. The standard InChI is InChI=1S/C19H22FNO3/c1-13(16-5-3-4-6-17(16)20)11-19(23)21-12-18(22)14-7-9-15(24-2)10-8-14/h3-10,13,18,22H,11-12H2,1-2H3,(H,21,23). The van der Waals surface area contributed by atoms with Crippen LogP contribution in [0.15, 0.2) is 48.5 Å². The number of halogens is 1. The van der Waals surface area contributed by atoms with Crippen molar-refractivity contribution in [2.45, 2.75) is 25.4 Å². The molecule has 24 heavy (non-hydrogen) atoms. The van der Waals surface area contributed by atoms with Crippen molar-refractivity contribution in [3.63, 3.8) is 0 Å². The van der Waals surface area contributed by atoms with Crippen molar-refractivity contribution in [1.29, 1.82) is 0 Å². The molecule has 0 aliphatic heterocycles. The van der Waals surface area contributed by atoms with Crippen LogP contribution in [-0.2, 0) is 4.79 Å². The first-order chi connectivity index (χ1) is 11.5. The van der Waals surface area contributed by atoms with E-state index in [0.717, 1.165) is 0 Å². The van der Waals surface area contributed by atoms with Gasteiger partial charge in [-0.3, -0.25) is 4.79 Å². The van der Waals surface area contributed by atoms with Gasteiger partial charge in [0.05, 0.1) is 13.2 Å². The molecule has 2 aromatic carbocycles. The highest BCUT2D eigenvalue weighted by Crippen LogP contribution is 2.22. The number of carbonyl (C=O) groups excluding carboxylic acids is 1. The van der Waals surface area contributed by atoms with Crippen molar-refractivity contribution in [2.24, 2.45) is 0 Å². The minimum atomic E-state index is -0.802. The van der Waals surface area contributed by atoms with E-state index in [4.69, 9.17) is 4.74 Å². The van der Waals surface area contributed by atoms with Gasteiger partial charge in [-0.25, -0.2) is 4.39 Å². The molecule has 0 aliphatic rings. The van der Waals surface area contributed by atoms with Crippen LogP contribution in [-0.4, -0.2) is 24.7 Å². The SMILES string of the molecule is COc1ccc(C(O)CNC(=O)CC(C)c2ccccc2F)cc1. The van der Waals surface area contributed by atoms with Crippen molar-refractivity contribution in [3.8, 4) is 5.75 Å².